The van der Waals surface area contributed by atoms with Crippen LogP contribution in [0, 0.1) is 22.9 Å². The number of halogens is 2. The highest BCUT2D eigenvalue weighted by Gasteiger charge is 2.24. The summed E-state index contributed by atoms with van der Waals surface area (Å²) in [7, 11) is -4.23. The van der Waals surface area contributed by atoms with Crippen LogP contribution in [0.15, 0.2) is 35.2 Å². The fraction of sp³-hybridized carbons (Fsp3) is 0.300. The van der Waals surface area contributed by atoms with Gasteiger partial charge in [0, 0.05) is 30.3 Å². The van der Waals surface area contributed by atoms with E-state index in [0.717, 1.165) is 49.7 Å². The van der Waals surface area contributed by atoms with Crippen LogP contribution in [0.5, 0.6) is 0 Å². The van der Waals surface area contributed by atoms with E-state index in [0.29, 0.717) is 12.4 Å². The molecule has 1 N–H and O–H groups in total. The first-order valence-corrected chi connectivity index (χ1v) is 11.7. The summed E-state index contributed by atoms with van der Waals surface area (Å²) in [5.41, 5.74) is -0.0681. The van der Waals surface area contributed by atoms with Gasteiger partial charge in [-0.3, -0.25) is 14.8 Å². The molecule has 0 bridgehead atoms. The summed E-state index contributed by atoms with van der Waals surface area (Å²) in [6.45, 7) is 2.08. The maximum atomic E-state index is 14.6. The minimum atomic E-state index is -4.23. The molecule has 32 heavy (non-hydrogen) atoms. The topological polar surface area (TPSA) is 120 Å². The minimum absolute atomic E-state index is 0.0504. The predicted octanol–water partition coefficient (Wildman–Crippen LogP) is 4.48. The average molecular weight is 480 g/mol. The molecule has 0 fully saturated rings. The number of nitro groups is 1. The van der Waals surface area contributed by atoms with Gasteiger partial charge in [0.15, 0.2) is 5.82 Å². The van der Waals surface area contributed by atoms with Gasteiger partial charge in [-0.15, -0.1) is 10.2 Å². The molecule has 0 saturated carbocycles. The smallest absolute Gasteiger partial charge is 0.275 e. The Hall–Kier alpha value is -3.05. The van der Waals surface area contributed by atoms with Crippen LogP contribution in [-0.2, 0) is 23.0 Å². The molecule has 3 aromatic rings. The molecule has 0 unspecified atom stereocenters. The van der Waals surface area contributed by atoms with Crippen molar-refractivity contribution in [1.29, 1.82) is 0 Å². The predicted molar refractivity (Wildman–Crippen MR) is 117 cm³/mol. The molecular weight excluding hydrogens is 461 g/mol. The summed E-state index contributed by atoms with van der Waals surface area (Å²) in [5.74, 6) is 0.528. The quantitative estimate of drug-likeness (QED) is 0.425. The van der Waals surface area contributed by atoms with E-state index in [1.54, 1.807) is 0 Å². The van der Waals surface area contributed by atoms with E-state index in [1.807, 2.05) is 4.57 Å². The number of nitro benzene ring substituents is 1. The van der Waals surface area contributed by atoms with Crippen LogP contribution in [-0.4, -0.2) is 28.1 Å². The van der Waals surface area contributed by atoms with Crippen molar-refractivity contribution in [2.75, 3.05) is 4.72 Å². The fourth-order valence-corrected chi connectivity index (χ4v) is 5.02. The standard InChI is InChI=1S/C20H19ClFN5O4S/c1-12-16(21)10-14(11-18(12)27(28)29)32(30,31)25-13-6-7-17(22)15(9-13)20-24-23-19-5-3-2-4-8-26(19)20/h6-7,9-11,25H,2-5,8H2,1H3. The summed E-state index contributed by atoms with van der Waals surface area (Å²) in [5, 5.41) is 19.5. The van der Waals surface area contributed by atoms with Crippen LogP contribution in [0.1, 0.15) is 30.7 Å². The number of fused-ring (bicyclic) bond motifs is 1. The second-order valence-corrected chi connectivity index (χ2v) is 9.60. The van der Waals surface area contributed by atoms with E-state index in [-0.39, 0.29) is 26.7 Å². The van der Waals surface area contributed by atoms with Crippen molar-refractivity contribution in [2.45, 2.75) is 44.0 Å². The zero-order valence-corrected chi connectivity index (χ0v) is 18.6. The third-order valence-electron chi connectivity index (χ3n) is 5.37. The van der Waals surface area contributed by atoms with Crippen LogP contribution < -0.4 is 4.72 Å². The minimum Gasteiger partial charge on any atom is -0.311 e. The van der Waals surface area contributed by atoms with Crippen LogP contribution in [0.3, 0.4) is 0 Å². The van der Waals surface area contributed by atoms with Crippen molar-refractivity contribution in [1.82, 2.24) is 14.8 Å². The highest BCUT2D eigenvalue weighted by atomic mass is 35.5. The van der Waals surface area contributed by atoms with Crippen molar-refractivity contribution in [3.63, 3.8) is 0 Å². The zero-order valence-electron chi connectivity index (χ0n) is 17.0. The number of aromatic nitrogens is 3. The number of hydrogen-bond donors (Lipinski definition) is 1. The van der Waals surface area contributed by atoms with Gasteiger partial charge in [0.25, 0.3) is 15.7 Å². The molecule has 0 saturated heterocycles. The molecule has 12 heteroatoms. The number of aryl methyl sites for hydroxylation is 1. The Bertz CT molecular complexity index is 1330. The molecule has 0 radical (unpaired) electrons. The molecule has 1 aliphatic heterocycles. The Morgan fingerprint density at radius 3 is 2.72 bits per heavy atom. The second kappa shape index (κ2) is 8.47. The number of anilines is 1. The first kappa shape index (κ1) is 22.2. The summed E-state index contributed by atoms with van der Waals surface area (Å²) in [6, 6.07) is 5.80. The molecular formula is C20H19ClFN5O4S. The number of hydrogen-bond acceptors (Lipinski definition) is 6. The van der Waals surface area contributed by atoms with Crippen molar-refractivity contribution < 1.29 is 17.7 Å². The average Bonchev–Trinajstić information content (AvgIpc) is 2.98. The fourth-order valence-electron chi connectivity index (χ4n) is 3.64. The van der Waals surface area contributed by atoms with Gasteiger partial charge in [-0.25, -0.2) is 12.8 Å². The largest absolute Gasteiger partial charge is 0.311 e. The lowest BCUT2D eigenvalue weighted by Gasteiger charge is -2.12. The van der Waals surface area contributed by atoms with Crippen molar-refractivity contribution in [3.05, 3.63) is 62.7 Å². The van der Waals surface area contributed by atoms with E-state index < -0.39 is 26.5 Å². The van der Waals surface area contributed by atoms with Gasteiger partial charge in [0.1, 0.15) is 11.6 Å². The maximum Gasteiger partial charge on any atom is 0.275 e. The van der Waals surface area contributed by atoms with Crippen LogP contribution in [0.25, 0.3) is 11.4 Å². The van der Waals surface area contributed by atoms with E-state index in [4.69, 9.17) is 11.6 Å². The van der Waals surface area contributed by atoms with E-state index in [2.05, 4.69) is 14.9 Å². The first-order chi connectivity index (χ1) is 15.2. The molecule has 4 rings (SSSR count). The summed E-state index contributed by atoms with van der Waals surface area (Å²) >= 11 is 6.00. The Kier molecular flexibility index (Phi) is 5.87. The molecule has 2 heterocycles. The highest BCUT2D eigenvalue weighted by Crippen LogP contribution is 2.32. The summed E-state index contributed by atoms with van der Waals surface area (Å²) < 4.78 is 44.6. The number of rotatable bonds is 5. The van der Waals surface area contributed by atoms with Crippen LogP contribution in [0.4, 0.5) is 15.8 Å². The Morgan fingerprint density at radius 2 is 1.97 bits per heavy atom. The molecule has 1 aliphatic rings. The van der Waals surface area contributed by atoms with Crippen molar-refractivity contribution in [2.24, 2.45) is 0 Å². The third-order valence-corrected chi connectivity index (χ3v) is 7.12. The lowest BCUT2D eigenvalue weighted by Crippen LogP contribution is -2.14. The molecule has 0 spiro atoms. The molecule has 0 amide bonds. The molecule has 0 atom stereocenters. The normalized spacial score (nSPS) is 14.0. The Morgan fingerprint density at radius 1 is 1.19 bits per heavy atom. The number of nitrogens with zero attached hydrogens (tertiary/aromatic N) is 4. The van der Waals surface area contributed by atoms with Crippen molar-refractivity contribution in [3.8, 4) is 11.4 Å². The third kappa shape index (κ3) is 4.17. The van der Waals surface area contributed by atoms with Crippen molar-refractivity contribution >= 4 is 33.0 Å². The molecule has 2 aromatic carbocycles. The van der Waals surface area contributed by atoms with Gasteiger partial charge in [-0.1, -0.05) is 18.0 Å². The summed E-state index contributed by atoms with van der Waals surface area (Å²) in [4.78, 5) is 10.2. The van der Waals surface area contributed by atoms with Gasteiger partial charge in [-0.2, -0.15) is 0 Å². The lowest BCUT2D eigenvalue weighted by atomic mass is 10.1. The maximum absolute atomic E-state index is 14.6. The molecule has 168 valence electrons. The number of nitrogens with one attached hydrogen (secondary N) is 1. The van der Waals surface area contributed by atoms with E-state index in [1.165, 1.54) is 19.1 Å². The van der Waals surface area contributed by atoms with Gasteiger partial charge >= 0.3 is 0 Å². The molecule has 0 aliphatic carbocycles. The van der Waals surface area contributed by atoms with Gasteiger partial charge in [0.2, 0.25) is 0 Å². The van der Waals surface area contributed by atoms with Gasteiger partial charge in [0.05, 0.1) is 20.4 Å². The Balaban J connectivity index is 1.71. The molecule has 1 aromatic heterocycles. The SMILES string of the molecule is Cc1c(Cl)cc(S(=O)(=O)Nc2ccc(F)c(-c3nnc4n3CCCCC4)c2)cc1[N+](=O)[O-]. The second-order valence-electron chi connectivity index (χ2n) is 7.51. The number of sulfonamides is 1. The lowest BCUT2D eigenvalue weighted by molar-refractivity contribution is -0.385. The van der Waals surface area contributed by atoms with E-state index in [9.17, 15) is 22.9 Å². The van der Waals surface area contributed by atoms with Gasteiger partial charge in [-0.05, 0) is 44.0 Å². The Labute approximate surface area is 188 Å². The monoisotopic (exact) mass is 479 g/mol. The number of benzene rings is 2. The zero-order chi connectivity index (χ0) is 23.0. The first-order valence-electron chi connectivity index (χ1n) is 9.87. The van der Waals surface area contributed by atoms with E-state index >= 15 is 0 Å². The van der Waals surface area contributed by atoms with Gasteiger partial charge < -0.3 is 4.57 Å². The highest BCUT2D eigenvalue weighted by molar-refractivity contribution is 7.92. The summed E-state index contributed by atoms with van der Waals surface area (Å²) in [6.07, 6.45) is 3.68. The van der Waals surface area contributed by atoms with Crippen LogP contribution >= 0.6 is 11.6 Å². The van der Waals surface area contributed by atoms with Crippen LogP contribution in [0.2, 0.25) is 5.02 Å². The molecule has 9 nitrogen and oxygen atoms in total.